The number of carbonyl (C=O) groups is 1. The van der Waals surface area contributed by atoms with Crippen molar-refractivity contribution in [2.24, 2.45) is 0 Å². The van der Waals surface area contributed by atoms with Gasteiger partial charge in [-0.25, -0.2) is 4.98 Å². The zero-order valence-electron chi connectivity index (χ0n) is 16.8. The molecule has 152 valence electrons. The highest BCUT2D eigenvalue weighted by molar-refractivity contribution is 6.09. The fraction of sp³-hybridized carbons (Fsp3) is 0.0833. The summed E-state index contributed by atoms with van der Waals surface area (Å²) in [5.41, 5.74) is 4.45. The average molecular weight is 409 g/mol. The van der Waals surface area contributed by atoms with Crippen molar-refractivity contribution in [3.8, 4) is 5.75 Å². The number of nitrogens with zero attached hydrogens (tertiary/aromatic N) is 4. The first-order valence-corrected chi connectivity index (χ1v) is 9.82. The molecule has 1 amide bonds. The summed E-state index contributed by atoms with van der Waals surface area (Å²) in [5.74, 6) is 0.465. The molecule has 0 aliphatic rings. The van der Waals surface area contributed by atoms with Gasteiger partial charge < -0.3 is 14.6 Å². The molecule has 0 aliphatic carbocycles. The number of amides is 1. The molecule has 0 aliphatic heterocycles. The van der Waals surface area contributed by atoms with E-state index in [1.54, 1.807) is 25.6 Å². The second-order valence-electron chi connectivity index (χ2n) is 7.15. The largest absolute Gasteiger partial charge is 0.497 e. The van der Waals surface area contributed by atoms with Gasteiger partial charge in [-0.2, -0.15) is 0 Å². The standard InChI is InChI=1S/C24H19N5O2/c1-31-19-9-5-8-18(13-19)26-24(30)17-10-11-21-20(12-17)22-23(28-27-21)25-15-29(22)14-16-6-3-2-4-7-16/h2-13,15H,14H2,1H3,(H,26,30). The topological polar surface area (TPSA) is 81.9 Å². The molecular weight excluding hydrogens is 390 g/mol. The Morgan fingerprint density at radius 1 is 1.00 bits per heavy atom. The van der Waals surface area contributed by atoms with Crippen molar-refractivity contribution in [3.05, 3.63) is 90.3 Å². The van der Waals surface area contributed by atoms with Gasteiger partial charge in [0.25, 0.3) is 5.91 Å². The van der Waals surface area contributed by atoms with Crippen molar-refractivity contribution >= 4 is 33.7 Å². The van der Waals surface area contributed by atoms with Crippen molar-refractivity contribution in [2.45, 2.75) is 6.54 Å². The zero-order chi connectivity index (χ0) is 21.2. The summed E-state index contributed by atoms with van der Waals surface area (Å²) in [7, 11) is 1.59. The van der Waals surface area contributed by atoms with Crippen molar-refractivity contribution in [1.82, 2.24) is 19.7 Å². The number of benzene rings is 3. The van der Waals surface area contributed by atoms with Crippen LogP contribution in [0.15, 0.2) is 79.1 Å². The van der Waals surface area contributed by atoms with Crippen molar-refractivity contribution in [1.29, 1.82) is 0 Å². The molecule has 0 fully saturated rings. The van der Waals surface area contributed by atoms with E-state index < -0.39 is 0 Å². The van der Waals surface area contributed by atoms with Gasteiger partial charge in [0.1, 0.15) is 5.75 Å². The lowest BCUT2D eigenvalue weighted by Gasteiger charge is -2.09. The summed E-state index contributed by atoms with van der Waals surface area (Å²) in [4.78, 5) is 17.3. The number of rotatable bonds is 5. The quantitative estimate of drug-likeness (QED) is 0.468. The third-order valence-electron chi connectivity index (χ3n) is 5.11. The lowest BCUT2D eigenvalue weighted by atomic mass is 10.1. The average Bonchev–Trinajstić information content (AvgIpc) is 3.22. The van der Waals surface area contributed by atoms with E-state index in [0.29, 0.717) is 34.7 Å². The van der Waals surface area contributed by atoms with Crippen LogP contribution in [-0.2, 0) is 6.54 Å². The van der Waals surface area contributed by atoms with E-state index in [4.69, 9.17) is 4.74 Å². The van der Waals surface area contributed by atoms with Gasteiger partial charge in [0.05, 0.1) is 24.5 Å². The zero-order valence-corrected chi connectivity index (χ0v) is 16.8. The van der Waals surface area contributed by atoms with E-state index in [1.807, 2.05) is 53.1 Å². The molecule has 2 heterocycles. The van der Waals surface area contributed by atoms with Crippen LogP contribution >= 0.6 is 0 Å². The van der Waals surface area contributed by atoms with Crippen molar-refractivity contribution < 1.29 is 9.53 Å². The Hall–Kier alpha value is -4.26. The van der Waals surface area contributed by atoms with E-state index in [9.17, 15) is 4.79 Å². The molecular formula is C24H19N5O2. The minimum absolute atomic E-state index is 0.214. The maximum Gasteiger partial charge on any atom is 0.255 e. The first-order valence-electron chi connectivity index (χ1n) is 9.82. The number of methoxy groups -OCH3 is 1. The Bertz CT molecular complexity index is 1400. The highest BCUT2D eigenvalue weighted by atomic mass is 16.5. The van der Waals surface area contributed by atoms with Crippen LogP contribution < -0.4 is 10.1 Å². The number of anilines is 1. The lowest BCUT2D eigenvalue weighted by Crippen LogP contribution is -2.12. The lowest BCUT2D eigenvalue weighted by molar-refractivity contribution is 0.102. The van der Waals surface area contributed by atoms with E-state index in [0.717, 1.165) is 16.5 Å². The minimum Gasteiger partial charge on any atom is -0.497 e. The SMILES string of the molecule is COc1cccc(NC(=O)c2ccc3nnc4ncn(Cc5ccccc5)c4c3c2)c1. The van der Waals surface area contributed by atoms with Crippen LogP contribution in [0.1, 0.15) is 15.9 Å². The summed E-state index contributed by atoms with van der Waals surface area (Å²) < 4.78 is 7.26. The highest BCUT2D eigenvalue weighted by Gasteiger charge is 2.14. The maximum atomic E-state index is 12.9. The molecule has 0 atom stereocenters. The third-order valence-corrected chi connectivity index (χ3v) is 5.11. The maximum absolute atomic E-state index is 12.9. The van der Waals surface area contributed by atoms with Crippen LogP contribution in [-0.4, -0.2) is 32.8 Å². The van der Waals surface area contributed by atoms with E-state index in [1.165, 1.54) is 0 Å². The van der Waals surface area contributed by atoms with Gasteiger partial charge in [0.2, 0.25) is 5.65 Å². The number of carbonyl (C=O) groups excluding carboxylic acids is 1. The molecule has 0 bridgehead atoms. The summed E-state index contributed by atoms with van der Waals surface area (Å²) in [5, 5.41) is 12.2. The predicted octanol–water partition coefficient (Wildman–Crippen LogP) is 4.29. The van der Waals surface area contributed by atoms with E-state index >= 15 is 0 Å². The number of hydrogen-bond donors (Lipinski definition) is 1. The summed E-state index contributed by atoms with van der Waals surface area (Å²) in [6.45, 7) is 0.651. The number of hydrogen-bond acceptors (Lipinski definition) is 5. The van der Waals surface area contributed by atoms with Crippen LogP contribution in [0, 0.1) is 0 Å². The molecule has 0 spiro atoms. The normalized spacial score (nSPS) is 11.0. The molecule has 7 nitrogen and oxygen atoms in total. The first-order chi connectivity index (χ1) is 15.2. The monoisotopic (exact) mass is 409 g/mol. The molecule has 0 saturated heterocycles. The van der Waals surface area contributed by atoms with E-state index in [-0.39, 0.29) is 5.91 Å². The van der Waals surface area contributed by atoms with Gasteiger partial charge in [-0.3, -0.25) is 4.79 Å². The van der Waals surface area contributed by atoms with Crippen LogP contribution in [0.3, 0.4) is 0 Å². The Morgan fingerprint density at radius 3 is 2.71 bits per heavy atom. The second kappa shape index (κ2) is 7.87. The number of nitrogens with one attached hydrogen (secondary N) is 1. The Morgan fingerprint density at radius 2 is 1.87 bits per heavy atom. The molecule has 0 saturated carbocycles. The second-order valence-corrected chi connectivity index (χ2v) is 7.15. The van der Waals surface area contributed by atoms with Gasteiger partial charge in [-0.15, -0.1) is 10.2 Å². The summed E-state index contributed by atoms with van der Waals surface area (Å²) in [6, 6.07) is 22.8. The van der Waals surface area contributed by atoms with E-state index in [2.05, 4.69) is 32.6 Å². The van der Waals surface area contributed by atoms with Gasteiger partial charge in [0, 0.05) is 29.2 Å². The molecule has 5 rings (SSSR count). The Labute approximate surface area is 178 Å². The summed E-state index contributed by atoms with van der Waals surface area (Å²) in [6.07, 6.45) is 1.76. The highest BCUT2D eigenvalue weighted by Crippen LogP contribution is 2.24. The first kappa shape index (κ1) is 18.7. The van der Waals surface area contributed by atoms with Gasteiger partial charge >= 0.3 is 0 Å². The van der Waals surface area contributed by atoms with Gasteiger partial charge in [0.15, 0.2) is 0 Å². The molecule has 2 aromatic heterocycles. The van der Waals surface area contributed by atoms with Crippen LogP contribution in [0.4, 0.5) is 5.69 Å². The van der Waals surface area contributed by atoms with Crippen LogP contribution in [0.5, 0.6) is 5.75 Å². The minimum atomic E-state index is -0.214. The van der Waals surface area contributed by atoms with Gasteiger partial charge in [-0.1, -0.05) is 36.4 Å². The molecule has 3 aromatic carbocycles. The molecule has 7 heteroatoms. The molecule has 0 unspecified atom stereocenters. The molecule has 1 N–H and O–H groups in total. The Kier molecular flexibility index (Phi) is 4.76. The molecule has 5 aromatic rings. The number of imidazole rings is 1. The molecule has 31 heavy (non-hydrogen) atoms. The van der Waals surface area contributed by atoms with Crippen molar-refractivity contribution in [2.75, 3.05) is 12.4 Å². The molecule has 0 radical (unpaired) electrons. The number of ether oxygens (including phenoxy) is 1. The third kappa shape index (κ3) is 3.69. The van der Waals surface area contributed by atoms with Crippen LogP contribution in [0.2, 0.25) is 0 Å². The number of aromatic nitrogens is 4. The van der Waals surface area contributed by atoms with Gasteiger partial charge in [-0.05, 0) is 35.9 Å². The predicted molar refractivity (Wildman–Crippen MR) is 119 cm³/mol. The Balaban J connectivity index is 1.54. The summed E-state index contributed by atoms with van der Waals surface area (Å²) >= 11 is 0. The smallest absolute Gasteiger partial charge is 0.255 e. The van der Waals surface area contributed by atoms with Crippen LogP contribution in [0.25, 0.3) is 22.1 Å². The number of fused-ring (bicyclic) bond motifs is 3. The van der Waals surface area contributed by atoms with Crippen molar-refractivity contribution in [3.63, 3.8) is 0 Å². The fourth-order valence-electron chi connectivity index (χ4n) is 3.58. The fourth-order valence-corrected chi connectivity index (χ4v) is 3.58.